The van der Waals surface area contributed by atoms with E-state index in [4.69, 9.17) is 28.9 Å². The van der Waals surface area contributed by atoms with Gasteiger partial charge in [0.15, 0.2) is 9.84 Å². The summed E-state index contributed by atoms with van der Waals surface area (Å²) in [5.74, 6) is 0. The van der Waals surface area contributed by atoms with E-state index >= 15 is 0 Å². The molecule has 1 aromatic carbocycles. The Balaban J connectivity index is 3.31. The molecule has 1 atom stereocenters. The van der Waals surface area contributed by atoms with Crippen LogP contribution in [0.25, 0.3) is 0 Å². The van der Waals surface area contributed by atoms with Crippen LogP contribution in [-0.4, -0.2) is 20.2 Å². The lowest BCUT2D eigenvalue weighted by Crippen LogP contribution is -2.29. The summed E-state index contributed by atoms with van der Waals surface area (Å²) in [6, 6.07) is 4.38. The van der Waals surface area contributed by atoms with Crippen LogP contribution in [0.5, 0.6) is 0 Å². The Morgan fingerprint density at radius 2 is 2.00 bits per heavy atom. The van der Waals surface area contributed by atoms with Gasteiger partial charge in [-0.2, -0.15) is 0 Å². The van der Waals surface area contributed by atoms with Gasteiger partial charge in [-0.1, -0.05) is 30.1 Å². The van der Waals surface area contributed by atoms with Crippen LogP contribution in [0.3, 0.4) is 0 Å². The molecule has 0 radical (unpaired) electrons. The van der Waals surface area contributed by atoms with E-state index in [1.54, 1.807) is 13.0 Å². The van der Waals surface area contributed by atoms with Gasteiger partial charge in [0.25, 0.3) is 0 Å². The predicted octanol–water partition coefficient (Wildman–Crippen LogP) is 2.50. The van der Waals surface area contributed by atoms with E-state index in [0.717, 1.165) is 0 Å². The Morgan fingerprint density at radius 3 is 2.50 bits per heavy atom. The molecule has 6 heteroatoms. The SMILES string of the molecule is CCC(CN)S(=O)(=O)c1cc(Cl)ccc1Cl. The first-order valence-corrected chi connectivity index (χ1v) is 7.12. The number of hydrogen-bond acceptors (Lipinski definition) is 3. The van der Waals surface area contributed by atoms with Crippen LogP contribution >= 0.6 is 23.2 Å². The zero-order valence-electron chi connectivity index (χ0n) is 8.78. The molecule has 0 spiro atoms. The number of hydrogen-bond donors (Lipinski definition) is 1. The molecule has 1 rings (SSSR count). The Labute approximate surface area is 105 Å². The molecular weight excluding hydrogens is 269 g/mol. The summed E-state index contributed by atoms with van der Waals surface area (Å²) >= 11 is 11.6. The number of nitrogens with two attached hydrogens (primary N) is 1. The number of benzene rings is 1. The van der Waals surface area contributed by atoms with Crippen molar-refractivity contribution >= 4 is 33.0 Å². The molecule has 0 heterocycles. The van der Waals surface area contributed by atoms with Crippen molar-refractivity contribution in [1.82, 2.24) is 0 Å². The van der Waals surface area contributed by atoms with Crippen molar-refractivity contribution in [1.29, 1.82) is 0 Å². The fraction of sp³-hybridized carbons (Fsp3) is 0.400. The Kier molecular flexibility index (Phi) is 4.62. The third-order valence-corrected chi connectivity index (χ3v) is 5.39. The van der Waals surface area contributed by atoms with Crippen LogP contribution in [0.2, 0.25) is 10.0 Å². The lowest BCUT2D eigenvalue weighted by Gasteiger charge is -2.14. The molecule has 0 aliphatic heterocycles. The minimum absolute atomic E-state index is 0.0546. The molecule has 3 nitrogen and oxygen atoms in total. The highest BCUT2D eigenvalue weighted by atomic mass is 35.5. The van der Waals surface area contributed by atoms with E-state index in [9.17, 15) is 8.42 Å². The molecule has 0 aliphatic rings. The zero-order chi connectivity index (χ0) is 12.3. The van der Waals surface area contributed by atoms with Gasteiger partial charge in [0.1, 0.15) is 0 Å². The largest absolute Gasteiger partial charge is 0.329 e. The number of sulfone groups is 1. The molecule has 0 aromatic heterocycles. The van der Waals surface area contributed by atoms with E-state index in [1.165, 1.54) is 12.1 Å². The quantitative estimate of drug-likeness (QED) is 0.923. The molecule has 1 unspecified atom stereocenters. The zero-order valence-corrected chi connectivity index (χ0v) is 11.1. The first kappa shape index (κ1) is 13.8. The van der Waals surface area contributed by atoms with E-state index in [0.29, 0.717) is 11.4 Å². The second-order valence-corrected chi connectivity index (χ2v) is 6.43. The summed E-state index contributed by atoms with van der Waals surface area (Å²) < 4.78 is 24.3. The average Bonchev–Trinajstić information content (AvgIpc) is 2.23. The molecular formula is C10H13Cl2NO2S. The van der Waals surface area contributed by atoms with Crippen LogP contribution in [0.15, 0.2) is 23.1 Å². The fourth-order valence-electron chi connectivity index (χ4n) is 1.39. The van der Waals surface area contributed by atoms with Crippen LogP contribution < -0.4 is 5.73 Å². The highest BCUT2D eigenvalue weighted by molar-refractivity contribution is 7.92. The van der Waals surface area contributed by atoms with Gasteiger partial charge >= 0.3 is 0 Å². The third kappa shape index (κ3) is 2.69. The summed E-state index contributed by atoms with van der Waals surface area (Å²) in [5.41, 5.74) is 5.44. The Hall–Kier alpha value is -0.290. The number of halogens is 2. The Bertz CT molecular complexity index is 470. The fourth-order valence-corrected chi connectivity index (χ4v) is 3.75. The highest BCUT2D eigenvalue weighted by Gasteiger charge is 2.27. The molecule has 2 N–H and O–H groups in total. The van der Waals surface area contributed by atoms with Gasteiger partial charge in [-0.3, -0.25) is 0 Å². The first-order chi connectivity index (χ1) is 7.43. The topological polar surface area (TPSA) is 60.2 Å². The van der Waals surface area contributed by atoms with Gasteiger partial charge in [0.2, 0.25) is 0 Å². The highest BCUT2D eigenvalue weighted by Crippen LogP contribution is 2.28. The molecule has 0 saturated heterocycles. The van der Waals surface area contributed by atoms with Crippen LogP contribution in [0, 0.1) is 0 Å². The van der Waals surface area contributed by atoms with E-state index in [2.05, 4.69) is 0 Å². The second-order valence-electron chi connectivity index (χ2n) is 3.39. The van der Waals surface area contributed by atoms with Crippen LogP contribution in [0.1, 0.15) is 13.3 Å². The average molecular weight is 282 g/mol. The summed E-state index contributed by atoms with van der Waals surface area (Å²) in [4.78, 5) is 0.0546. The van der Waals surface area contributed by atoms with Gasteiger partial charge in [-0.25, -0.2) is 8.42 Å². The normalized spacial score (nSPS) is 13.8. The summed E-state index contributed by atoms with van der Waals surface area (Å²) in [5, 5.41) is -0.102. The molecule has 0 bridgehead atoms. The van der Waals surface area contributed by atoms with Crippen LogP contribution in [-0.2, 0) is 9.84 Å². The molecule has 1 aromatic rings. The van der Waals surface area contributed by atoms with Crippen molar-refractivity contribution in [2.75, 3.05) is 6.54 Å². The van der Waals surface area contributed by atoms with Gasteiger partial charge in [0.05, 0.1) is 15.2 Å². The molecule has 0 fully saturated rings. The van der Waals surface area contributed by atoms with Gasteiger partial charge in [-0.15, -0.1) is 0 Å². The predicted molar refractivity (Wildman–Crippen MR) is 66.8 cm³/mol. The summed E-state index contributed by atoms with van der Waals surface area (Å²) in [7, 11) is -3.50. The lowest BCUT2D eigenvalue weighted by molar-refractivity contribution is 0.576. The minimum atomic E-state index is -3.50. The minimum Gasteiger partial charge on any atom is -0.329 e. The summed E-state index contributed by atoms with van der Waals surface area (Å²) in [6.45, 7) is 1.84. The van der Waals surface area contributed by atoms with E-state index in [1.807, 2.05) is 0 Å². The number of rotatable bonds is 4. The molecule has 0 amide bonds. The van der Waals surface area contributed by atoms with Crippen molar-refractivity contribution in [2.45, 2.75) is 23.5 Å². The molecule has 16 heavy (non-hydrogen) atoms. The molecule has 90 valence electrons. The second kappa shape index (κ2) is 5.36. The van der Waals surface area contributed by atoms with Gasteiger partial charge in [0, 0.05) is 11.6 Å². The van der Waals surface area contributed by atoms with E-state index < -0.39 is 15.1 Å². The maximum absolute atomic E-state index is 12.1. The van der Waals surface area contributed by atoms with Crippen molar-refractivity contribution in [3.8, 4) is 0 Å². The van der Waals surface area contributed by atoms with Crippen molar-refractivity contribution < 1.29 is 8.42 Å². The monoisotopic (exact) mass is 281 g/mol. The maximum Gasteiger partial charge on any atom is 0.183 e. The van der Waals surface area contributed by atoms with Crippen molar-refractivity contribution in [2.24, 2.45) is 5.73 Å². The third-order valence-electron chi connectivity index (χ3n) is 2.36. The van der Waals surface area contributed by atoms with Crippen molar-refractivity contribution in [3.05, 3.63) is 28.2 Å². The van der Waals surface area contributed by atoms with Gasteiger partial charge in [-0.05, 0) is 24.6 Å². The summed E-state index contributed by atoms with van der Waals surface area (Å²) in [6.07, 6.45) is 0.446. The first-order valence-electron chi connectivity index (χ1n) is 4.82. The standard InChI is InChI=1S/C10H13Cl2NO2S/c1-2-8(6-13)16(14,15)10-5-7(11)3-4-9(10)12/h3-5,8H,2,6,13H2,1H3. The molecule has 0 saturated carbocycles. The Morgan fingerprint density at radius 1 is 1.38 bits per heavy atom. The van der Waals surface area contributed by atoms with Gasteiger partial charge < -0.3 is 5.73 Å². The van der Waals surface area contributed by atoms with Crippen molar-refractivity contribution in [3.63, 3.8) is 0 Å². The maximum atomic E-state index is 12.1. The van der Waals surface area contributed by atoms with E-state index in [-0.39, 0.29) is 16.5 Å². The van der Waals surface area contributed by atoms with Crippen LogP contribution in [0.4, 0.5) is 0 Å². The molecule has 0 aliphatic carbocycles. The lowest BCUT2D eigenvalue weighted by atomic mass is 10.3. The smallest absolute Gasteiger partial charge is 0.183 e.